The predicted octanol–water partition coefficient (Wildman–Crippen LogP) is 2.08. The molecule has 0 unspecified atom stereocenters. The zero-order chi connectivity index (χ0) is 35.3. The van der Waals surface area contributed by atoms with Crippen LogP contribution >= 0.6 is 0 Å². The van der Waals surface area contributed by atoms with Gasteiger partial charge in [-0.1, -0.05) is 27.7 Å². The van der Waals surface area contributed by atoms with E-state index in [0.717, 1.165) is 12.8 Å². The fourth-order valence-electron chi connectivity index (χ4n) is 7.96. The van der Waals surface area contributed by atoms with Crippen molar-refractivity contribution in [1.29, 1.82) is 0 Å². The maximum Gasteiger partial charge on any atom is 0.461 e. The molecule has 4 aliphatic rings. The van der Waals surface area contributed by atoms with Crippen LogP contribution in [0.25, 0.3) is 0 Å². The van der Waals surface area contributed by atoms with E-state index in [-0.39, 0.29) is 66.7 Å². The molecule has 3 aliphatic carbocycles. The smallest absolute Gasteiger partial charge is 0.405 e. The van der Waals surface area contributed by atoms with Crippen LogP contribution in [-0.4, -0.2) is 84.4 Å². The number of Topliss-reactive ketones (excluding diaryl/α,β-unsaturated/α-hetero) is 3. The van der Waals surface area contributed by atoms with Gasteiger partial charge >= 0.3 is 7.12 Å². The zero-order valence-corrected chi connectivity index (χ0v) is 29.5. The Morgan fingerprint density at radius 1 is 0.894 bits per heavy atom. The summed E-state index contributed by atoms with van der Waals surface area (Å²) in [6.07, 6.45) is 2.74. The van der Waals surface area contributed by atoms with Crippen molar-refractivity contribution in [3.63, 3.8) is 0 Å². The van der Waals surface area contributed by atoms with Crippen LogP contribution in [0, 0.1) is 29.1 Å². The average Bonchev–Trinajstić information content (AvgIpc) is 3.35. The monoisotopic (exact) mass is 662 g/mol. The highest BCUT2D eigenvalue weighted by molar-refractivity contribution is 6.47. The van der Waals surface area contributed by atoms with Gasteiger partial charge in [-0.2, -0.15) is 0 Å². The van der Waals surface area contributed by atoms with Gasteiger partial charge in [0.1, 0.15) is 11.8 Å². The maximum absolute atomic E-state index is 13.6. The molecule has 2 amide bonds. The van der Waals surface area contributed by atoms with E-state index >= 15 is 0 Å². The van der Waals surface area contributed by atoms with Crippen molar-refractivity contribution in [3.8, 4) is 0 Å². The summed E-state index contributed by atoms with van der Waals surface area (Å²) in [5, 5.41) is 15.7. The zero-order valence-electron chi connectivity index (χ0n) is 29.5. The first-order chi connectivity index (χ1) is 22.0. The summed E-state index contributed by atoms with van der Waals surface area (Å²) in [7, 11) is -0.506. The van der Waals surface area contributed by atoms with Crippen molar-refractivity contribution in [2.75, 3.05) is 13.1 Å². The second-order valence-corrected chi connectivity index (χ2v) is 15.3. The summed E-state index contributed by atoms with van der Waals surface area (Å²) < 4.78 is 13.0. The van der Waals surface area contributed by atoms with E-state index in [1.807, 2.05) is 6.92 Å². The first-order valence-corrected chi connectivity index (χ1v) is 17.5. The van der Waals surface area contributed by atoms with Gasteiger partial charge in [0.05, 0.1) is 23.9 Å². The third-order valence-electron chi connectivity index (χ3n) is 11.1. The normalized spacial score (nSPS) is 28.1. The molecule has 0 aromatic rings. The molecule has 0 spiro atoms. The molecule has 12 nitrogen and oxygen atoms in total. The average molecular weight is 663 g/mol. The Hall–Kier alpha value is -2.19. The number of aliphatic hydroxyl groups is 1. The summed E-state index contributed by atoms with van der Waals surface area (Å²) in [6, 6.07) is -2.03. The van der Waals surface area contributed by atoms with E-state index in [0.29, 0.717) is 37.6 Å². The minimum Gasteiger partial charge on any atom is -0.405 e. The van der Waals surface area contributed by atoms with Gasteiger partial charge < -0.3 is 41.3 Å². The lowest BCUT2D eigenvalue weighted by atomic mass is 9.43. The summed E-state index contributed by atoms with van der Waals surface area (Å²) in [4.78, 5) is 64.6. The number of aliphatic hydroxyl groups excluding tert-OH is 1. The van der Waals surface area contributed by atoms with Gasteiger partial charge in [-0.25, -0.2) is 0 Å². The molecule has 47 heavy (non-hydrogen) atoms. The second kappa shape index (κ2) is 16.5. The molecule has 3 saturated carbocycles. The van der Waals surface area contributed by atoms with E-state index in [1.54, 1.807) is 6.92 Å². The topological polar surface area (TPSA) is 200 Å². The van der Waals surface area contributed by atoms with Gasteiger partial charge in [-0.05, 0) is 95.5 Å². The summed E-state index contributed by atoms with van der Waals surface area (Å²) in [5.74, 6) is -2.63. The Labute approximate surface area is 280 Å². The van der Waals surface area contributed by atoms with E-state index in [9.17, 15) is 29.1 Å². The number of rotatable bonds is 20. The second-order valence-electron chi connectivity index (χ2n) is 15.3. The minimum atomic E-state index is -1.26. The van der Waals surface area contributed by atoms with Crippen molar-refractivity contribution < 1.29 is 38.4 Å². The Bertz CT molecular complexity index is 1150. The van der Waals surface area contributed by atoms with Gasteiger partial charge in [0.15, 0.2) is 11.6 Å². The van der Waals surface area contributed by atoms with Crippen LogP contribution in [0.4, 0.5) is 0 Å². The number of hydrogen-bond acceptors (Lipinski definition) is 10. The largest absolute Gasteiger partial charge is 0.461 e. The molecule has 13 heteroatoms. The number of amides is 2. The van der Waals surface area contributed by atoms with Crippen LogP contribution in [0.15, 0.2) is 0 Å². The van der Waals surface area contributed by atoms with Gasteiger partial charge in [0.2, 0.25) is 11.8 Å². The Balaban J connectivity index is 1.60. The molecule has 0 aromatic carbocycles. The lowest BCUT2D eigenvalue weighted by Crippen LogP contribution is -2.65. The van der Waals surface area contributed by atoms with Crippen LogP contribution in [0.1, 0.15) is 106 Å². The van der Waals surface area contributed by atoms with Crippen molar-refractivity contribution in [3.05, 3.63) is 0 Å². The Morgan fingerprint density at radius 3 is 2.15 bits per heavy atom. The molecule has 4 fully saturated rings. The van der Waals surface area contributed by atoms with Gasteiger partial charge in [0.25, 0.3) is 0 Å². The first-order valence-electron chi connectivity index (χ1n) is 17.5. The SMILES string of the molecule is CC(=O)C[C@@H](CCN)C(=O)N[C@H](C(=O)C[C@@H](C)C(=O)N[C@@H](CCCCN)C(=O)C[C@@H](C)B1O[C@@H]2C[C@@H]3C[C@@H](C3(C)C)[C@]2(C)O1)[C@@H](C)O. The molecule has 4 rings (SSSR count). The molecule has 1 aliphatic heterocycles. The number of nitrogens with one attached hydrogen (secondary N) is 2. The summed E-state index contributed by atoms with van der Waals surface area (Å²) in [5.41, 5.74) is 11.1. The van der Waals surface area contributed by atoms with Crippen molar-refractivity contribution in [2.24, 2.45) is 40.6 Å². The molecule has 10 atom stereocenters. The standard InChI is InChI=1S/C34H59BN4O8/c1-19(14-27(43)30(22(4)41)39-32(45)23(11-13-37)16-21(3)40)31(44)38-25(10-8-9-12-36)26(42)15-20(2)35-46-29-18-24-17-28(33(24,5)6)34(29,7)47-35/h19-20,22-25,28-30,41H,8-18,36-37H2,1-7H3,(H,38,44)(H,39,45)/t19-,20-,22-,23-,24+,25+,28+,29-,30+,34+/m1/s1. The van der Waals surface area contributed by atoms with Crippen LogP contribution in [-0.2, 0) is 33.3 Å². The highest BCUT2D eigenvalue weighted by Crippen LogP contribution is 2.66. The molecular weight excluding hydrogens is 603 g/mol. The van der Waals surface area contributed by atoms with E-state index in [4.69, 9.17) is 20.8 Å². The molecule has 7 N–H and O–H groups in total. The number of unbranched alkanes of at least 4 members (excludes halogenated alkanes) is 1. The number of hydrogen-bond donors (Lipinski definition) is 5. The third-order valence-corrected chi connectivity index (χ3v) is 11.1. The fourth-order valence-corrected chi connectivity index (χ4v) is 7.96. The van der Waals surface area contributed by atoms with Crippen LogP contribution < -0.4 is 22.1 Å². The highest BCUT2D eigenvalue weighted by Gasteiger charge is 2.68. The minimum absolute atomic E-state index is 0.0104. The molecule has 1 saturated heterocycles. The van der Waals surface area contributed by atoms with Crippen LogP contribution in [0.5, 0.6) is 0 Å². The Morgan fingerprint density at radius 2 is 1.57 bits per heavy atom. The molecule has 0 aromatic heterocycles. The number of ketones is 3. The fraction of sp³-hybridized carbons (Fsp3) is 0.853. The third kappa shape index (κ3) is 9.29. The van der Waals surface area contributed by atoms with Crippen molar-refractivity contribution in [1.82, 2.24) is 10.6 Å². The van der Waals surface area contributed by atoms with E-state index in [1.165, 1.54) is 13.8 Å². The van der Waals surface area contributed by atoms with Crippen molar-refractivity contribution in [2.45, 2.75) is 142 Å². The Kier molecular flexibility index (Phi) is 13.8. The van der Waals surface area contributed by atoms with Gasteiger partial charge in [-0.15, -0.1) is 0 Å². The maximum atomic E-state index is 13.6. The molecular formula is C34H59BN4O8. The number of carbonyl (C=O) groups excluding carboxylic acids is 5. The predicted molar refractivity (Wildman–Crippen MR) is 179 cm³/mol. The molecule has 266 valence electrons. The molecule has 0 radical (unpaired) electrons. The first kappa shape index (κ1) is 39.3. The van der Waals surface area contributed by atoms with Gasteiger partial charge in [-0.3, -0.25) is 19.2 Å². The van der Waals surface area contributed by atoms with Crippen LogP contribution in [0.2, 0.25) is 5.82 Å². The lowest BCUT2D eigenvalue weighted by Gasteiger charge is -2.64. The quantitative estimate of drug-likeness (QED) is 0.0950. The number of nitrogens with two attached hydrogens (primary N) is 2. The van der Waals surface area contributed by atoms with E-state index in [2.05, 4.69) is 31.4 Å². The highest BCUT2D eigenvalue weighted by atomic mass is 16.7. The molecule has 2 bridgehead atoms. The summed E-state index contributed by atoms with van der Waals surface area (Å²) in [6.45, 7) is 13.6. The van der Waals surface area contributed by atoms with Gasteiger partial charge in [0, 0.05) is 31.1 Å². The molecule has 1 heterocycles. The van der Waals surface area contributed by atoms with E-state index < -0.39 is 54.7 Å². The van der Waals surface area contributed by atoms with Crippen LogP contribution in [0.3, 0.4) is 0 Å². The lowest BCUT2D eigenvalue weighted by molar-refractivity contribution is -0.199. The summed E-state index contributed by atoms with van der Waals surface area (Å²) >= 11 is 0. The van der Waals surface area contributed by atoms with Crippen molar-refractivity contribution >= 4 is 36.3 Å². The number of carbonyl (C=O) groups is 5.